The van der Waals surface area contributed by atoms with Gasteiger partial charge in [-0.25, -0.2) is 4.99 Å². The molecule has 3 aromatic rings. The highest BCUT2D eigenvalue weighted by Gasteiger charge is 2.06. The molecule has 0 saturated heterocycles. The Morgan fingerprint density at radius 1 is 1.07 bits per heavy atom. The number of benzene rings is 1. The first-order valence-corrected chi connectivity index (χ1v) is 9.84. The Morgan fingerprint density at radius 3 is 2.57 bits per heavy atom. The smallest absolute Gasteiger partial charge is 0.191 e. The van der Waals surface area contributed by atoms with E-state index in [9.17, 15) is 0 Å². The molecule has 0 atom stereocenters. The summed E-state index contributed by atoms with van der Waals surface area (Å²) in [7, 11) is 1.95. The van der Waals surface area contributed by atoms with E-state index in [1.807, 2.05) is 36.1 Å². The summed E-state index contributed by atoms with van der Waals surface area (Å²) in [5, 5.41) is 11.4. The van der Waals surface area contributed by atoms with Crippen molar-refractivity contribution in [2.45, 2.75) is 32.7 Å². The summed E-state index contributed by atoms with van der Waals surface area (Å²) in [4.78, 5) is 4.78. The second kappa shape index (κ2) is 10.3. The van der Waals surface area contributed by atoms with Gasteiger partial charge in [0.2, 0.25) is 0 Å². The van der Waals surface area contributed by atoms with Gasteiger partial charge in [0.1, 0.15) is 5.76 Å². The molecule has 0 radical (unpaired) electrons. The molecule has 0 aliphatic carbocycles. The Bertz CT molecular complexity index is 852. The average Bonchev–Trinajstić information content (AvgIpc) is 3.35. The van der Waals surface area contributed by atoms with Crippen molar-refractivity contribution in [3.05, 3.63) is 77.5 Å². The van der Waals surface area contributed by atoms with Crippen LogP contribution in [0.4, 0.5) is 0 Å². The minimum Gasteiger partial charge on any atom is -0.469 e. The van der Waals surface area contributed by atoms with Crippen molar-refractivity contribution in [3.8, 4) is 0 Å². The van der Waals surface area contributed by atoms with Crippen molar-refractivity contribution in [2.75, 3.05) is 13.1 Å². The van der Waals surface area contributed by atoms with Gasteiger partial charge in [0.15, 0.2) is 5.96 Å². The second-order valence-electron chi connectivity index (χ2n) is 6.71. The number of nitrogens with zero attached hydrogens (tertiary/aromatic N) is 3. The van der Waals surface area contributed by atoms with Crippen LogP contribution >= 0.6 is 0 Å². The molecule has 0 aliphatic heterocycles. The van der Waals surface area contributed by atoms with E-state index in [0.717, 1.165) is 49.8 Å². The summed E-state index contributed by atoms with van der Waals surface area (Å²) >= 11 is 0. The maximum absolute atomic E-state index is 5.41. The third-order valence-corrected chi connectivity index (χ3v) is 4.53. The van der Waals surface area contributed by atoms with Crippen LogP contribution in [0, 0.1) is 0 Å². The van der Waals surface area contributed by atoms with E-state index < -0.39 is 0 Å². The van der Waals surface area contributed by atoms with Crippen molar-refractivity contribution in [3.63, 3.8) is 0 Å². The number of aryl methyl sites for hydroxylation is 2. The van der Waals surface area contributed by atoms with Gasteiger partial charge in [-0.1, -0.05) is 37.3 Å². The van der Waals surface area contributed by atoms with E-state index in [4.69, 9.17) is 9.41 Å². The van der Waals surface area contributed by atoms with E-state index in [-0.39, 0.29) is 0 Å². The molecule has 148 valence electrons. The molecular weight excluding hydrogens is 350 g/mol. The van der Waals surface area contributed by atoms with Crippen LogP contribution in [0.15, 0.2) is 64.3 Å². The number of hydrogen-bond donors (Lipinski definition) is 2. The second-order valence-corrected chi connectivity index (χ2v) is 6.71. The summed E-state index contributed by atoms with van der Waals surface area (Å²) in [5.74, 6) is 1.78. The lowest BCUT2D eigenvalue weighted by Gasteiger charge is -2.12. The molecule has 0 unspecified atom stereocenters. The Morgan fingerprint density at radius 2 is 1.86 bits per heavy atom. The first-order chi connectivity index (χ1) is 13.7. The van der Waals surface area contributed by atoms with Gasteiger partial charge in [-0.3, -0.25) is 4.68 Å². The zero-order valence-electron chi connectivity index (χ0n) is 16.7. The van der Waals surface area contributed by atoms with Crippen LogP contribution in [0.5, 0.6) is 0 Å². The molecule has 1 aromatic carbocycles. The van der Waals surface area contributed by atoms with E-state index in [2.05, 4.69) is 46.9 Å². The van der Waals surface area contributed by atoms with E-state index in [1.54, 1.807) is 6.26 Å². The molecule has 2 heterocycles. The van der Waals surface area contributed by atoms with E-state index in [0.29, 0.717) is 6.54 Å². The van der Waals surface area contributed by atoms with Crippen LogP contribution in [-0.4, -0.2) is 28.8 Å². The molecule has 0 aliphatic rings. The molecule has 0 spiro atoms. The van der Waals surface area contributed by atoms with E-state index >= 15 is 0 Å². The summed E-state index contributed by atoms with van der Waals surface area (Å²) < 4.78 is 7.26. The highest BCUT2D eigenvalue weighted by atomic mass is 16.3. The maximum atomic E-state index is 5.41. The fourth-order valence-corrected chi connectivity index (χ4v) is 3.08. The Hall–Kier alpha value is -3.02. The van der Waals surface area contributed by atoms with E-state index in [1.165, 1.54) is 11.1 Å². The zero-order valence-corrected chi connectivity index (χ0v) is 16.7. The molecule has 0 bridgehead atoms. The Labute approximate surface area is 166 Å². The lowest BCUT2D eigenvalue weighted by atomic mass is 10.1. The molecule has 2 N–H and O–H groups in total. The predicted octanol–water partition coefficient (Wildman–Crippen LogP) is 3.10. The Kier molecular flexibility index (Phi) is 7.29. The van der Waals surface area contributed by atoms with Crippen molar-refractivity contribution in [2.24, 2.45) is 12.0 Å². The van der Waals surface area contributed by atoms with Gasteiger partial charge < -0.3 is 15.1 Å². The normalized spacial score (nSPS) is 11.6. The third kappa shape index (κ3) is 6.01. The van der Waals surface area contributed by atoms with Gasteiger partial charge in [-0.2, -0.15) is 5.10 Å². The molecule has 3 rings (SSSR count). The lowest BCUT2D eigenvalue weighted by molar-refractivity contribution is 0.506. The Balaban J connectivity index is 1.58. The number of aliphatic imine (C=N–C) groups is 1. The topological polar surface area (TPSA) is 67.4 Å². The molecular formula is C22H29N5O. The largest absolute Gasteiger partial charge is 0.469 e. The highest BCUT2D eigenvalue weighted by Crippen LogP contribution is 2.08. The van der Waals surface area contributed by atoms with Gasteiger partial charge in [-0.15, -0.1) is 0 Å². The lowest BCUT2D eigenvalue weighted by Crippen LogP contribution is -2.39. The predicted molar refractivity (Wildman–Crippen MR) is 112 cm³/mol. The number of hydrogen-bond acceptors (Lipinski definition) is 3. The number of aromatic nitrogens is 2. The van der Waals surface area contributed by atoms with Crippen molar-refractivity contribution in [1.82, 2.24) is 20.4 Å². The van der Waals surface area contributed by atoms with Crippen LogP contribution in [-0.2, 0) is 32.9 Å². The maximum Gasteiger partial charge on any atom is 0.191 e. The van der Waals surface area contributed by atoms with Crippen LogP contribution in [0.25, 0.3) is 0 Å². The number of guanidine groups is 1. The summed E-state index contributed by atoms with van der Waals surface area (Å²) in [6.07, 6.45) is 6.44. The van der Waals surface area contributed by atoms with Gasteiger partial charge in [0.25, 0.3) is 0 Å². The van der Waals surface area contributed by atoms with Crippen molar-refractivity contribution < 1.29 is 4.42 Å². The number of nitrogens with one attached hydrogen (secondary N) is 2. The molecule has 6 heteroatoms. The van der Waals surface area contributed by atoms with Gasteiger partial charge >= 0.3 is 0 Å². The zero-order chi connectivity index (χ0) is 19.6. The molecule has 28 heavy (non-hydrogen) atoms. The summed E-state index contributed by atoms with van der Waals surface area (Å²) in [6, 6.07) is 14.4. The monoisotopic (exact) mass is 379 g/mol. The van der Waals surface area contributed by atoms with Crippen LogP contribution < -0.4 is 10.6 Å². The minimum atomic E-state index is 0.610. The summed E-state index contributed by atoms with van der Waals surface area (Å²) in [5.41, 5.74) is 3.58. The highest BCUT2D eigenvalue weighted by molar-refractivity contribution is 5.79. The molecule has 0 amide bonds. The number of furan rings is 1. The van der Waals surface area contributed by atoms with Crippen molar-refractivity contribution in [1.29, 1.82) is 0 Å². The van der Waals surface area contributed by atoms with Gasteiger partial charge in [0.05, 0.1) is 18.5 Å². The SMILES string of the molecule is CCc1nn(C)cc1CN=C(NCCc1ccccc1)NCCc1ccco1. The van der Waals surface area contributed by atoms with Gasteiger partial charge in [0, 0.05) is 38.3 Å². The van der Waals surface area contributed by atoms with Crippen LogP contribution in [0.1, 0.15) is 29.5 Å². The number of rotatable bonds is 9. The quantitative estimate of drug-likeness (QED) is 0.443. The fourth-order valence-electron chi connectivity index (χ4n) is 3.08. The third-order valence-electron chi connectivity index (χ3n) is 4.53. The minimum absolute atomic E-state index is 0.610. The fraction of sp³-hybridized carbons (Fsp3) is 0.364. The molecule has 0 fully saturated rings. The van der Waals surface area contributed by atoms with Crippen LogP contribution in [0.3, 0.4) is 0 Å². The molecule has 0 saturated carbocycles. The average molecular weight is 380 g/mol. The van der Waals surface area contributed by atoms with Crippen LogP contribution in [0.2, 0.25) is 0 Å². The first-order valence-electron chi connectivity index (χ1n) is 9.84. The molecule has 6 nitrogen and oxygen atoms in total. The standard InChI is InChI=1S/C22H29N5O/c1-3-21-19(17-27(2)26-21)16-25-22(24-14-12-20-10-7-15-28-20)23-13-11-18-8-5-4-6-9-18/h4-10,15,17H,3,11-14,16H2,1-2H3,(H2,23,24,25). The summed E-state index contributed by atoms with van der Waals surface area (Å²) in [6.45, 7) is 4.32. The van der Waals surface area contributed by atoms with Crippen molar-refractivity contribution >= 4 is 5.96 Å². The molecule has 2 aromatic heterocycles. The first kappa shape index (κ1) is 19.7. The van der Waals surface area contributed by atoms with Gasteiger partial charge in [-0.05, 0) is 30.5 Å².